The van der Waals surface area contributed by atoms with Crippen LogP contribution < -0.4 is 11.1 Å². The van der Waals surface area contributed by atoms with Gasteiger partial charge in [-0.3, -0.25) is 0 Å². The highest BCUT2D eigenvalue weighted by Gasteiger charge is 2.07. The van der Waals surface area contributed by atoms with Crippen molar-refractivity contribution < 1.29 is 8.78 Å². The summed E-state index contributed by atoms with van der Waals surface area (Å²) in [5.41, 5.74) is 5.34. The van der Waals surface area contributed by atoms with E-state index in [1.807, 2.05) is 0 Å². The first-order chi connectivity index (χ1) is 7.66. The maximum atomic E-state index is 13.3. The van der Waals surface area contributed by atoms with E-state index in [9.17, 15) is 8.78 Å². The standard InChI is InChI=1S/C10H8F2N4/c11-6-2-1-3-7(10(6)12)14-9-5-4-8(13)15-16-9/h1-5H,(H2,13,15)(H,14,16). The number of anilines is 3. The molecule has 2 aromatic rings. The Labute approximate surface area is 90.1 Å². The van der Waals surface area contributed by atoms with Crippen LogP contribution in [0.1, 0.15) is 0 Å². The third-order valence-electron chi connectivity index (χ3n) is 1.90. The lowest BCUT2D eigenvalue weighted by atomic mass is 10.3. The van der Waals surface area contributed by atoms with Crippen LogP contribution in [0.4, 0.5) is 26.1 Å². The Morgan fingerprint density at radius 3 is 2.56 bits per heavy atom. The third-order valence-corrected chi connectivity index (χ3v) is 1.90. The van der Waals surface area contributed by atoms with Crippen LogP contribution in [-0.4, -0.2) is 10.2 Å². The number of nitrogen functional groups attached to an aromatic ring is 1. The molecule has 0 radical (unpaired) electrons. The van der Waals surface area contributed by atoms with Gasteiger partial charge in [-0.25, -0.2) is 8.78 Å². The SMILES string of the molecule is Nc1ccc(Nc2cccc(F)c2F)nn1. The van der Waals surface area contributed by atoms with Crippen LogP contribution in [0.3, 0.4) is 0 Å². The van der Waals surface area contributed by atoms with Crippen molar-refractivity contribution in [2.45, 2.75) is 0 Å². The minimum absolute atomic E-state index is 0.000860. The molecule has 0 saturated carbocycles. The molecule has 3 N–H and O–H groups in total. The van der Waals surface area contributed by atoms with Crippen molar-refractivity contribution in [1.29, 1.82) is 0 Å². The molecular formula is C10H8F2N4. The molecule has 82 valence electrons. The summed E-state index contributed by atoms with van der Waals surface area (Å²) in [5, 5.41) is 9.84. The third kappa shape index (κ3) is 2.05. The van der Waals surface area contributed by atoms with Gasteiger partial charge >= 0.3 is 0 Å². The lowest BCUT2D eigenvalue weighted by molar-refractivity contribution is 0.511. The second-order valence-corrected chi connectivity index (χ2v) is 3.07. The monoisotopic (exact) mass is 222 g/mol. The summed E-state index contributed by atoms with van der Waals surface area (Å²) in [6, 6.07) is 6.86. The van der Waals surface area contributed by atoms with Crippen LogP contribution in [0.15, 0.2) is 30.3 Å². The van der Waals surface area contributed by atoms with Crippen LogP contribution in [0.25, 0.3) is 0 Å². The van der Waals surface area contributed by atoms with Crippen LogP contribution in [0.5, 0.6) is 0 Å². The van der Waals surface area contributed by atoms with Gasteiger partial charge < -0.3 is 11.1 Å². The van der Waals surface area contributed by atoms with Gasteiger partial charge in [0.15, 0.2) is 17.5 Å². The van der Waals surface area contributed by atoms with Gasteiger partial charge in [-0.05, 0) is 24.3 Å². The van der Waals surface area contributed by atoms with E-state index < -0.39 is 11.6 Å². The minimum atomic E-state index is -0.957. The highest BCUT2D eigenvalue weighted by Crippen LogP contribution is 2.20. The summed E-state index contributed by atoms with van der Waals surface area (Å²) >= 11 is 0. The smallest absolute Gasteiger partial charge is 0.182 e. The fourth-order valence-electron chi connectivity index (χ4n) is 1.15. The van der Waals surface area contributed by atoms with E-state index in [4.69, 9.17) is 5.73 Å². The second kappa shape index (κ2) is 4.09. The molecule has 0 unspecified atom stereocenters. The lowest BCUT2D eigenvalue weighted by Gasteiger charge is -2.06. The number of rotatable bonds is 2. The summed E-state index contributed by atoms with van der Waals surface area (Å²) < 4.78 is 26.1. The quantitative estimate of drug-likeness (QED) is 0.816. The Kier molecular flexibility index (Phi) is 2.63. The molecule has 1 aromatic heterocycles. The Morgan fingerprint density at radius 2 is 1.88 bits per heavy atom. The Morgan fingerprint density at radius 1 is 1.06 bits per heavy atom. The Balaban J connectivity index is 2.27. The first-order valence-corrected chi connectivity index (χ1v) is 4.47. The van der Waals surface area contributed by atoms with E-state index >= 15 is 0 Å². The summed E-state index contributed by atoms with van der Waals surface area (Å²) in [6.07, 6.45) is 0. The zero-order chi connectivity index (χ0) is 11.5. The molecular weight excluding hydrogens is 214 g/mol. The fraction of sp³-hybridized carbons (Fsp3) is 0. The topological polar surface area (TPSA) is 63.8 Å². The van der Waals surface area contributed by atoms with Crippen LogP contribution in [0.2, 0.25) is 0 Å². The van der Waals surface area contributed by atoms with Crippen molar-refractivity contribution >= 4 is 17.3 Å². The van der Waals surface area contributed by atoms with E-state index in [1.54, 1.807) is 0 Å². The summed E-state index contributed by atoms with van der Waals surface area (Å²) in [5.74, 6) is -1.33. The largest absolute Gasteiger partial charge is 0.382 e. The van der Waals surface area contributed by atoms with Crippen LogP contribution in [0, 0.1) is 11.6 Å². The highest BCUT2D eigenvalue weighted by atomic mass is 19.2. The van der Waals surface area contributed by atoms with Gasteiger partial charge in [-0.2, -0.15) is 0 Å². The van der Waals surface area contributed by atoms with Crippen LogP contribution >= 0.6 is 0 Å². The molecule has 1 heterocycles. The first kappa shape index (κ1) is 10.3. The number of benzene rings is 1. The molecule has 0 fully saturated rings. The lowest BCUT2D eigenvalue weighted by Crippen LogP contribution is -2.00. The molecule has 0 bridgehead atoms. The molecule has 2 rings (SSSR count). The molecule has 0 aliphatic carbocycles. The molecule has 1 aromatic carbocycles. The molecule has 0 amide bonds. The Bertz CT molecular complexity index is 499. The number of aromatic nitrogens is 2. The van der Waals surface area contributed by atoms with Crippen molar-refractivity contribution in [3.63, 3.8) is 0 Å². The van der Waals surface area contributed by atoms with E-state index in [1.165, 1.54) is 24.3 Å². The summed E-state index contributed by atoms with van der Waals surface area (Å²) in [7, 11) is 0. The number of hydrogen-bond donors (Lipinski definition) is 2. The highest BCUT2D eigenvalue weighted by molar-refractivity contribution is 5.57. The van der Waals surface area contributed by atoms with Crippen molar-refractivity contribution in [2.75, 3.05) is 11.1 Å². The maximum absolute atomic E-state index is 13.3. The summed E-state index contributed by atoms with van der Waals surface area (Å²) in [4.78, 5) is 0. The average Bonchev–Trinajstić information content (AvgIpc) is 2.28. The van der Waals surface area contributed by atoms with Crippen molar-refractivity contribution in [3.05, 3.63) is 42.0 Å². The zero-order valence-electron chi connectivity index (χ0n) is 8.11. The van der Waals surface area contributed by atoms with Gasteiger partial charge in [-0.1, -0.05) is 6.07 Å². The van der Waals surface area contributed by atoms with E-state index in [0.29, 0.717) is 5.82 Å². The number of nitrogens with zero attached hydrogens (tertiary/aromatic N) is 2. The molecule has 0 aliphatic heterocycles. The fourth-order valence-corrected chi connectivity index (χ4v) is 1.15. The van der Waals surface area contributed by atoms with Gasteiger partial charge in [0.05, 0.1) is 5.69 Å². The first-order valence-electron chi connectivity index (χ1n) is 4.47. The minimum Gasteiger partial charge on any atom is -0.382 e. The van der Waals surface area contributed by atoms with Gasteiger partial charge in [0.25, 0.3) is 0 Å². The number of halogens is 2. The second-order valence-electron chi connectivity index (χ2n) is 3.07. The number of hydrogen-bond acceptors (Lipinski definition) is 4. The van der Waals surface area contributed by atoms with Crippen molar-refractivity contribution in [3.8, 4) is 0 Å². The van der Waals surface area contributed by atoms with E-state index in [-0.39, 0.29) is 11.5 Å². The van der Waals surface area contributed by atoms with E-state index in [2.05, 4.69) is 15.5 Å². The molecule has 16 heavy (non-hydrogen) atoms. The van der Waals surface area contributed by atoms with Gasteiger partial charge in [0.1, 0.15) is 5.82 Å². The van der Waals surface area contributed by atoms with E-state index in [0.717, 1.165) is 6.07 Å². The summed E-state index contributed by atoms with van der Waals surface area (Å²) in [6.45, 7) is 0. The predicted molar refractivity (Wildman–Crippen MR) is 56.1 cm³/mol. The number of nitrogens with one attached hydrogen (secondary N) is 1. The average molecular weight is 222 g/mol. The molecule has 0 spiro atoms. The molecule has 6 heteroatoms. The normalized spacial score (nSPS) is 10.1. The van der Waals surface area contributed by atoms with Crippen molar-refractivity contribution in [2.24, 2.45) is 0 Å². The van der Waals surface area contributed by atoms with Crippen molar-refractivity contribution in [1.82, 2.24) is 10.2 Å². The van der Waals surface area contributed by atoms with Gasteiger partial charge in [0, 0.05) is 0 Å². The zero-order valence-corrected chi connectivity index (χ0v) is 8.11. The molecule has 4 nitrogen and oxygen atoms in total. The predicted octanol–water partition coefficient (Wildman–Crippen LogP) is 2.08. The van der Waals surface area contributed by atoms with Gasteiger partial charge in [0.2, 0.25) is 0 Å². The molecule has 0 saturated heterocycles. The Hall–Kier alpha value is -2.24. The molecule has 0 atom stereocenters. The molecule has 0 aliphatic rings. The maximum Gasteiger partial charge on any atom is 0.182 e. The van der Waals surface area contributed by atoms with Crippen LogP contribution in [-0.2, 0) is 0 Å². The van der Waals surface area contributed by atoms with Gasteiger partial charge in [-0.15, -0.1) is 10.2 Å². The number of nitrogens with two attached hydrogens (primary N) is 1.